The Hall–Kier alpha value is -1.32. The molecule has 15 nitrogen and oxygen atoms in total. The van der Waals surface area contributed by atoms with Crippen molar-refractivity contribution in [2.24, 2.45) is 0 Å². The van der Waals surface area contributed by atoms with Crippen LogP contribution in [0.5, 0.6) is 0 Å². The number of likely N-dealkylation sites (N-methyl/N-ethyl adjacent to an activating group) is 2. The molecule has 2 aliphatic rings. The fraction of sp³-hybridized carbons (Fsp3) is 1.00. The summed E-state index contributed by atoms with van der Waals surface area (Å²) in [6.07, 6.45) is 8.36. The Balaban J connectivity index is 0.000000896. The molecule has 2 aliphatic heterocycles. The lowest BCUT2D eigenvalue weighted by molar-refractivity contribution is -0.931. The molecule has 0 saturated carbocycles. The third kappa shape index (κ3) is 19.3. The minimum atomic E-state index is -6.72. The number of likely N-dealkylation sites (tertiary alicyclic amines) is 2. The lowest BCUT2D eigenvalue weighted by Crippen LogP contribution is -2.53. The van der Waals surface area contributed by atoms with E-state index in [1.807, 2.05) is 0 Å². The third-order valence-electron chi connectivity index (χ3n) is 8.60. The molecule has 0 aromatic carbocycles. The standard InChI is InChI=1S/C22H46N2O3.2C2F6NO4S2/c1-3-23(11-7-5-8-12-23)15-17-25-19-21-27-22-20-26-18-16-24(4-2)13-9-6-10-14-24;2*3-1(4,5)14(10,11)9-15(12,13)2(6,7)8/h3-22H2,1-2H3;;/q+2;2*-1. The van der Waals surface area contributed by atoms with Gasteiger partial charge in [0.1, 0.15) is 13.1 Å². The Morgan fingerprint density at radius 3 is 0.807 bits per heavy atom. The number of rotatable bonds is 18. The van der Waals surface area contributed by atoms with Crippen LogP contribution >= 0.6 is 0 Å². The molecule has 2 rings (SSSR count). The first-order valence-electron chi connectivity index (χ1n) is 16.8. The van der Waals surface area contributed by atoms with E-state index >= 15 is 0 Å². The Morgan fingerprint density at radius 2 is 0.614 bits per heavy atom. The molecule has 2 heterocycles. The topological polar surface area (TPSA) is 192 Å². The molecule has 0 spiro atoms. The summed E-state index contributed by atoms with van der Waals surface area (Å²) >= 11 is 0. The number of halogens is 12. The highest BCUT2D eigenvalue weighted by atomic mass is 32.3. The van der Waals surface area contributed by atoms with Gasteiger partial charge in [-0.3, -0.25) is 0 Å². The van der Waals surface area contributed by atoms with Crippen LogP contribution in [0.3, 0.4) is 0 Å². The van der Waals surface area contributed by atoms with Crippen molar-refractivity contribution < 1.29 is 110 Å². The van der Waals surface area contributed by atoms with Gasteiger partial charge in [0.25, 0.3) is 0 Å². The van der Waals surface area contributed by atoms with E-state index in [0.717, 1.165) is 34.6 Å². The minimum absolute atomic E-state index is 0.685. The maximum absolute atomic E-state index is 11.4. The van der Waals surface area contributed by atoms with Crippen molar-refractivity contribution in [1.29, 1.82) is 0 Å². The van der Waals surface area contributed by atoms with Gasteiger partial charge in [-0.25, -0.2) is 33.7 Å². The van der Waals surface area contributed by atoms with Crippen LogP contribution in [0, 0.1) is 0 Å². The first-order valence-corrected chi connectivity index (χ1v) is 22.6. The number of sulfonamides is 4. The van der Waals surface area contributed by atoms with Crippen molar-refractivity contribution in [2.45, 2.75) is 74.4 Å². The Kier molecular flexibility index (Phi) is 22.0. The molecule has 0 unspecified atom stereocenters. The van der Waals surface area contributed by atoms with Crippen molar-refractivity contribution in [1.82, 2.24) is 0 Å². The molecule has 0 bridgehead atoms. The number of alkyl halides is 12. The van der Waals surface area contributed by atoms with Crippen LogP contribution in [0.25, 0.3) is 8.25 Å². The summed E-state index contributed by atoms with van der Waals surface area (Å²) in [5.41, 5.74) is -24.8. The summed E-state index contributed by atoms with van der Waals surface area (Å²) in [6.45, 7) is 19.3. The molecular weight excluding hydrogens is 901 g/mol. The zero-order valence-corrected chi connectivity index (χ0v) is 33.9. The van der Waals surface area contributed by atoms with E-state index in [9.17, 15) is 86.4 Å². The number of piperidine rings is 2. The van der Waals surface area contributed by atoms with E-state index in [-0.39, 0.29) is 0 Å². The normalized spacial score (nSPS) is 18.5. The van der Waals surface area contributed by atoms with Gasteiger partial charge in [-0.05, 0) is 52.4 Å². The zero-order chi connectivity index (χ0) is 44.7. The highest BCUT2D eigenvalue weighted by Crippen LogP contribution is 2.37. The summed E-state index contributed by atoms with van der Waals surface area (Å²) in [5.74, 6) is 0. The second-order valence-electron chi connectivity index (χ2n) is 12.4. The van der Waals surface area contributed by atoms with E-state index in [4.69, 9.17) is 14.2 Å². The van der Waals surface area contributed by atoms with Crippen molar-refractivity contribution in [3.63, 3.8) is 0 Å². The maximum Gasteiger partial charge on any atom is 0.480 e. The SMILES string of the molecule is CC[N+]1(CCOCCOCCOCC[N+]2(CC)CCCCC2)CCCCC1.O=S(=O)([N-]S(=O)(=O)C(F)(F)F)C(F)(F)F.O=S(=O)([N-]S(=O)(=O)C(F)(F)F)C(F)(F)F. The summed E-state index contributed by atoms with van der Waals surface area (Å²) in [5, 5.41) is 0. The van der Waals surface area contributed by atoms with Gasteiger partial charge < -0.3 is 31.4 Å². The van der Waals surface area contributed by atoms with Crippen molar-refractivity contribution in [3.05, 3.63) is 8.25 Å². The van der Waals surface area contributed by atoms with Crippen molar-refractivity contribution in [3.8, 4) is 0 Å². The van der Waals surface area contributed by atoms with Gasteiger partial charge >= 0.3 is 22.0 Å². The maximum atomic E-state index is 11.4. The molecule has 57 heavy (non-hydrogen) atoms. The molecule has 0 aliphatic carbocycles. The quantitative estimate of drug-likeness (QED) is 0.0998. The predicted molar refractivity (Wildman–Crippen MR) is 178 cm³/mol. The van der Waals surface area contributed by atoms with Gasteiger partial charge in [0, 0.05) is 0 Å². The Morgan fingerprint density at radius 1 is 0.404 bits per heavy atom. The molecule has 0 aromatic heterocycles. The second kappa shape index (κ2) is 22.5. The number of hydrogen-bond acceptors (Lipinski definition) is 11. The van der Waals surface area contributed by atoms with Crippen LogP contribution in [0.4, 0.5) is 52.7 Å². The fourth-order valence-corrected chi connectivity index (χ4v) is 8.67. The summed E-state index contributed by atoms with van der Waals surface area (Å²) in [7, 11) is -26.9. The average Bonchev–Trinajstić information content (AvgIpc) is 3.06. The van der Waals surface area contributed by atoms with Crippen LogP contribution in [0.2, 0.25) is 0 Å². The Labute approximate surface area is 323 Å². The van der Waals surface area contributed by atoms with Gasteiger partial charge in [-0.2, -0.15) is 52.7 Å². The summed E-state index contributed by atoms with van der Waals surface area (Å²) in [4.78, 5) is 0. The number of ether oxygens (including phenoxy) is 3. The van der Waals surface area contributed by atoms with Crippen molar-refractivity contribution >= 4 is 40.1 Å². The predicted octanol–water partition coefficient (Wildman–Crippen LogP) is 5.20. The van der Waals surface area contributed by atoms with Crippen LogP contribution < -0.4 is 0 Å². The monoisotopic (exact) mass is 946 g/mol. The zero-order valence-electron chi connectivity index (χ0n) is 30.6. The smallest absolute Gasteiger partial charge is 0.421 e. The molecule has 2 saturated heterocycles. The number of quaternary nitrogens is 2. The molecule has 0 radical (unpaired) electrons. The van der Waals surface area contributed by atoms with E-state index < -0.39 is 62.1 Å². The van der Waals surface area contributed by atoms with E-state index in [1.165, 1.54) is 86.8 Å². The van der Waals surface area contributed by atoms with Gasteiger partial charge in [0.2, 0.25) is 0 Å². The molecule has 0 amide bonds. The van der Waals surface area contributed by atoms with Gasteiger partial charge in [-0.15, -0.1) is 0 Å². The van der Waals surface area contributed by atoms with Crippen LogP contribution in [-0.4, -0.2) is 157 Å². The molecule has 344 valence electrons. The lowest BCUT2D eigenvalue weighted by Gasteiger charge is -2.40. The largest absolute Gasteiger partial charge is 0.480 e. The molecule has 0 N–H and O–H groups in total. The van der Waals surface area contributed by atoms with Gasteiger partial charge in [-0.1, -0.05) is 0 Å². The average molecular weight is 947 g/mol. The number of hydrogen-bond donors (Lipinski definition) is 0. The number of nitrogens with zero attached hydrogens (tertiary/aromatic N) is 4. The highest BCUT2D eigenvalue weighted by Gasteiger charge is 2.48. The van der Waals surface area contributed by atoms with Crippen LogP contribution in [0.1, 0.15) is 52.4 Å². The third-order valence-corrected chi connectivity index (χ3v) is 14.1. The highest BCUT2D eigenvalue weighted by molar-refractivity contribution is 8.13. The van der Waals surface area contributed by atoms with Crippen molar-refractivity contribution in [2.75, 3.05) is 92.0 Å². The van der Waals surface area contributed by atoms with Gasteiger partial charge in [0.05, 0.1) is 78.9 Å². The van der Waals surface area contributed by atoms with E-state index in [2.05, 4.69) is 13.8 Å². The fourth-order valence-electron chi connectivity index (χ4n) is 5.25. The molecule has 2 fully saturated rings. The van der Waals surface area contributed by atoms with Crippen LogP contribution in [-0.2, 0) is 54.3 Å². The molecule has 0 atom stereocenters. The summed E-state index contributed by atoms with van der Waals surface area (Å²) < 4.78 is 238. The molecule has 0 aromatic rings. The van der Waals surface area contributed by atoms with Crippen LogP contribution in [0.15, 0.2) is 0 Å². The second-order valence-corrected chi connectivity index (χ2v) is 19.3. The Bertz CT molecular complexity index is 1430. The van der Waals surface area contributed by atoms with E-state index in [1.54, 1.807) is 0 Å². The minimum Gasteiger partial charge on any atom is -0.421 e. The first-order chi connectivity index (χ1) is 25.7. The van der Waals surface area contributed by atoms with Gasteiger partial charge in [0.15, 0.2) is 40.1 Å². The molecule has 31 heteroatoms. The lowest BCUT2D eigenvalue weighted by atomic mass is 10.1. The molecular formula is C26H46F12N4O11S4. The summed E-state index contributed by atoms with van der Waals surface area (Å²) in [6, 6.07) is 0. The van der Waals surface area contributed by atoms with E-state index in [0.29, 0.717) is 26.4 Å². The first kappa shape index (κ1) is 55.7.